The Kier molecular flexibility index (Phi) is 4.91. The Morgan fingerprint density at radius 1 is 1.17 bits per heavy atom. The van der Waals surface area contributed by atoms with Crippen LogP contribution in [0.2, 0.25) is 0 Å². The van der Waals surface area contributed by atoms with E-state index in [9.17, 15) is 4.79 Å². The van der Waals surface area contributed by atoms with E-state index in [1.165, 1.54) is 6.26 Å². The van der Waals surface area contributed by atoms with Crippen LogP contribution in [-0.4, -0.2) is 12.1 Å². The van der Waals surface area contributed by atoms with Crippen molar-refractivity contribution >= 4 is 39.4 Å². The Morgan fingerprint density at radius 2 is 1.96 bits per heavy atom. The maximum Gasteiger partial charge on any atom is 0.291 e. The van der Waals surface area contributed by atoms with Gasteiger partial charge in [0.1, 0.15) is 0 Å². The van der Waals surface area contributed by atoms with Crippen molar-refractivity contribution in [3.05, 3.63) is 82.2 Å². The Balaban J connectivity index is 1.72. The van der Waals surface area contributed by atoms with Crippen molar-refractivity contribution in [2.75, 3.05) is 5.32 Å². The van der Waals surface area contributed by atoms with Crippen LogP contribution in [0.25, 0.3) is 0 Å². The average molecular weight is 383 g/mol. The van der Waals surface area contributed by atoms with E-state index in [2.05, 4.69) is 26.2 Å². The molecule has 3 rings (SSSR count). The van der Waals surface area contributed by atoms with E-state index in [1.54, 1.807) is 12.1 Å². The predicted octanol–water partition coefficient (Wildman–Crippen LogP) is 5.35. The number of hydrogen-bond donors (Lipinski definition) is 1. The number of carbonyl (C=O) groups excluding carboxylic acids is 1. The minimum Gasteiger partial charge on any atom is -0.459 e. The normalized spacial score (nSPS) is 10.9. The number of benzene rings is 2. The van der Waals surface area contributed by atoms with Gasteiger partial charge in [-0.25, -0.2) is 0 Å². The molecular formula is C19H15BrN2O2. The van der Waals surface area contributed by atoms with E-state index >= 15 is 0 Å². The molecule has 1 amide bonds. The maximum atomic E-state index is 12.0. The fraction of sp³-hybridized carbons (Fsp3) is 0.0526. The molecule has 0 radical (unpaired) electrons. The van der Waals surface area contributed by atoms with Gasteiger partial charge in [-0.2, -0.15) is 0 Å². The summed E-state index contributed by atoms with van der Waals surface area (Å²) in [5, 5.41) is 2.83. The molecule has 0 aliphatic rings. The topological polar surface area (TPSA) is 54.6 Å². The van der Waals surface area contributed by atoms with E-state index in [1.807, 2.05) is 55.6 Å². The third-order valence-electron chi connectivity index (χ3n) is 3.44. The van der Waals surface area contributed by atoms with Crippen LogP contribution in [0.5, 0.6) is 0 Å². The summed E-state index contributed by atoms with van der Waals surface area (Å²) < 4.78 is 6.12. The van der Waals surface area contributed by atoms with E-state index in [0.29, 0.717) is 0 Å². The van der Waals surface area contributed by atoms with Gasteiger partial charge in [-0.1, -0.05) is 28.1 Å². The fourth-order valence-corrected chi connectivity index (χ4v) is 2.42. The molecule has 0 atom stereocenters. The first-order chi connectivity index (χ1) is 11.6. The van der Waals surface area contributed by atoms with Crippen LogP contribution in [0.15, 0.2) is 74.7 Å². The van der Waals surface area contributed by atoms with Gasteiger partial charge in [-0.15, -0.1) is 0 Å². The van der Waals surface area contributed by atoms with Gasteiger partial charge >= 0.3 is 0 Å². The summed E-state index contributed by atoms with van der Waals surface area (Å²) in [4.78, 5) is 16.5. The molecule has 5 heteroatoms. The zero-order chi connectivity index (χ0) is 16.9. The van der Waals surface area contributed by atoms with Crippen molar-refractivity contribution in [3.8, 4) is 0 Å². The monoisotopic (exact) mass is 382 g/mol. The third-order valence-corrected chi connectivity index (χ3v) is 3.96. The lowest BCUT2D eigenvalue weighted by Crippen LogP contribution is -2.11. The van der Waals surface area contributed by atoms with Gasteiger partial charge in [-0.3, -0.25) is 9.79 Å². The zero-order valence-electron chi connectivity index (χ0n) is 13.0. The predicted molar refractivity (Wildman–Crippen MR) is 99.2 cm³/mol. The van der Waals surface area contributed by atoms with E-state index in [-0.39, 0.29) is 11.7 Å². The molecule has 120 valence electrons. The molecule has 0 aliphatic carbocycles. The standard InChI is InChI=1S/C19H15BrN2O2/c1-13-11-16(21-12-14-4-6-15(20)7-5-14)8-9-17(13)22-19(23)18-3-2-10-24-18/h2-12H,1H3,(H,22,23). The number of amides is 1. The number of aliphatic imine (C=N–C) groups is 1. The Bertz CT molecular complexity index is 869. The van der Waals surface area contributed by atoms with Crippen LogP contribution >= 0.6 is 15.9 Å². The number of furan rings is 1. The molecule has 3 aromatic rings. The summed E-state index contributed by atoms with van der Waals surface area (Å²) in [5.41, 5.74) is 3.51. The second-order valence-electron chi connectivity index (χ2n) is 5.24. The molecule has 0 saturated carbocycles. The maximum absolute atomic E-state index is 12.0. The number of rotatable bonds is 4. The number of carbonyl (C=O) groups is 1. The molecule has 0 unspecified atom stereocenters. The number of aryl methyl sites for hydroxylation is 1. The molecular weight excluding hydrogens is 368 g/mol. The minimum absolute atomic E-state index is 0.269. The van der Waals surface area contributed by atoms with Crippen LogP contribution in [-0.2, 0) is 0 Å². The summed E-state index contributed by atoms with van der Waals surface area (Å²) in [6.07, 6.45) is 3.28. The summed E-state index contributed by atoms with van der Waals surface area (Å²) in [6, 6.07) is 16.8. The van der Waals surface area contributed by atoms with Gasteiger partial charge in [0.2, 0.25) is 0 Å². The van der Waals surface area contributed by atoms with Crippen molar-refractivity contribution < 1.29 is 9.21 Å². The van der Waals surface area contributed by atoms with Gasteiger partial charge in [-0.05, 0) is 60.5 Å². The van der Waals surface area contributed by atoms with Gasteiger partial charge < -0.3 is 9.73 Å². The van der Waals surface area contributed by atoms with Gasteiger partial charge in [0, 0.05) is 16.4 Å². The Labute approximate surface area is 148 Å². The van der Waals surface area contributed by atoms with E-state index in [0.717, 1.165) is 27.0 Å². The molecule has 1 heterocycles. The van der Waals surface area contributed by atoms with E-state index < -0.39 is 0 Å². The first kappa shape index (κ1) is 16.2. The molecule has 1 N–H and O–H groups in total. The lowest BCUT2D eigenvalue weighted by molar-refractivity contribution is 0.0996. The average Bonchev–Trinajstić information content (AvgIpc) is 3.11. The molecule has 1 aromatic heterocycles. The summed E-state index contributed by atoms with van der Waals surface area (Å²) >= 11 is 3.41. The van der Waals surface area contributed by atoms with Crippen LogP contribution in [0.3, 0.4) is 0 Å². The second kappa shape index (κ2) is 7.27. The molecule has 4 nitrogen and oxygen atoms in total. The lowest BCUT2D eigenvalue weighted by atomic mass is 10.1. The lowest BCUT2D eigenvalue weighted by Gasteiger charge is -2.07. The fourth-order valence-electron chi connectivity index (χ4n) is 2.16. The van der Waals surface area contributed by atoms with Crippen molar-refractivity contribution in [1.82, 2.24) is 0 Å². The molecule has 0 spiro atoms. The van der Waals surface area contributed by atoms with Crippen molar-refractivity contribution in [3.63, 3.8) is 0 Å². The summed E-state index contributed by atoms with van der Waals surface area (Å²) in [5.74, 6) is 0.0148. The molecule has 0 aliphatic heterocycles. The Morgan fingerprint density at radius 3 is 2.62 bits per heavy atom. The highest BCUT2D eigenvalue weighted by molar-refractivity contribution is 9.10. The smallest absolute Gasteiger partial charge is 0.291 e. The number of halogens is 1. The van der Waals surface area contributed by atoms with Crippen LogP contribution in [0.1, 0.15) is 21.7 Å². The van der Waals surface area contributed by atoms with Gasteiger partial charge in [0.25, 0.3) is 5.91 Å². The number of nitrogens with zero attached hydrogens (tertiary/aromatic N) is 1. The van der Waals surface area contributed by atoms with Crippen LogP contribution in [0, 0.1) is 6.92 Å². The van der Waals surface area contributed by atoms with Crippen molar-refractivity contribution in [2.24, 2.45) is 4.99 Å². The SMILES string of the molecule is Cc1cc(N=Cc2ccc(Br)cc2)ccc1NC(=O)c1ccco1. The van der Waals surface area contributed by atoms with Crippen molar-refractivity contribution in [1.29, 1.82) is 0 Å². The number of anilines is 1. The highest BCUT2D eigenvalue weighted by Crippen LogP contribution is 2.22. The Hall–Kier alpha value is -2.66. The van der Waals surface area contributed by atoms with Crippen molar-refractivity contribution in [2.45, 2.75) is 6.92 Å². The second-order valence-corrected chi connectivity index (χ2v) is 6.16. The van der Waals surface area contributed by atoms with E-state index in [4.69, 9.17) is 4.42 Å². The first-order valence-electron chi connectivity index (χ1n) is 7.37. The van der Waals surface area contributed by atoms with Gasteiger partial charge in [0.05, 0.1) is 12.0 Å². The highest BCUT2D eigenvalue weighted by atomic mass is 79.9. The quantitative estimate of drug-likeness (QED) is 0.617. The minimum atomic E-state index is -0.269. The van der Waals surface area contributed by atoms with Crippen LogP contribution in [0.4, 0.5) is 11.4 Å². The summed E-state index contributed by atoms with van der Waals surface area (Å²) in [6.45, 7) is 1.93. The highest BCUT2D eigenvalue weighted by Gasteiger charge is 2.10. The number of hydrogen-bond acceptors (Lipinski definition) is 3. The zero-order valence-corrected chi connectivity index (χ0v) is 14.6. The van der Waals surface area contributed by atoms with Crippen LogP contribution < -0.4 is 5.32 Å². The van der Waals surface area contributed by atoms with Gasteiger partial charge in [0.15, 0.2) is 5.76 Å². The molecule has 0 bridgehead atoms. The third kappa shape index (κ3) is 4.00. The molecule has 24 heavy (non-hydrogen) atoms. The first-order valence-corrected chi connectivity index (χ1v) is 8.16. The summed E-state index contributed by atoms with van der Waals surface area (Å²) in [7, 11) is 0. The number of nitrogens with one attached hydrogen (secondary N) is 1. The molecule has 2 aromatic carbocycles. The molecule has 0 fully saturated rings. The largest absolute Gasteiger partial charge is 0.459 e. The molecule has 0 saturated heterocycles.